The van der Waals surface area contributed by atoms with Gasteiger partial charge in [0.25, 0.3) is 0 Å². The number of nitrogens with one attached hydrogen (secondary N) is 1. The zero-order valence-electron chi connectivity index (χ0n) is 11.5. The first-order valence-electron chi connectivity index (χ1n) is 7.09. The summed E-state index contributed by atoms with van der Waals surface area (Å²) in [6.07, 6.45) is 10.5. The molecule has 0 bridgehead atoms. The Morgan fingerprint density at radius 3 is 2.89 bits per heavy atom. The minimum absolute atomic E-state index is 0.00692. The Labute approximate surface area is 114 Å². The summed E-state index contributed by atoms with van der Waals surface area (Å²) >= 11 is 0. The van der Waals surface area contributed by atoms with Crippen LogP contribution in [0, 0.1) is 0 Å². The Hall–Kier alpha value is -1.36. The summed E-state index contributed by atoms with van der Waals surface area (Å²) in [4.78, 5) is 16.0. The van der Waals surface area contributed by atoms with Crippen molar-refractivity contribution >= 4 is 5.91 Å². The van der Waals surface area contributed by atoms with E-state index in [0.717, 1.165) is 32.1 Å². The smallest absolute Gasteiger partial charge is 0.222 e. The van der Waals surface area contributed by atoms with E-state index in [1.165, 1.54) is 0 Å². The molecule has 2 rings (SSSR count). The molecule has 5 heteroatoms. The largest absolute Gasteiger partial charge is 0.388 e. The second-order valence-electron chi connectivity index (χ2n) is 5.51. The first-order chi connectivity index (χ1) is 9.13. The summed E-state index contributed by atoms with van der Waals surface area (Å²) in [6, 6.07) is 0.156. The lowest BCUT2D eigenvalue weighted by atomic mass is 9.80. The minimum Gasteiger partial charge on any atom is -0.388 e. The number of rotatable bonds is 7. The molecule has 1 aromatic rings. The number of carbonyl (C=O) groups is 1. The quantitative estimate of drug-likeness (QED) is 0.787. The topological polar surface area (TPSA) is 67.2 Å². The number of aliphatic hydroxyl groups is 1. The van der Waals surface area contributed by atoms with Gasteiger partial charge in [-0.05, 0) is 25.7 Å². The van der Waals surface area contributed by atoms with Crippen molar-refractivity contribution in [2.24, 2.45) is 0 Å². The number of imidazole rings is 1. The van der Waals surface area contributed by atoms with Crippen molar-refractivity contribution in [3.63, 3.8) is 0 Å². The summed E-state index contributed by atoms with van der Waals surface area (Å²) in [7, 11) is 0. The lowest BCUT2D eigenvalue weighted by molar-refractivity contribution is -0.124. The number of aromatic nitrogens is 2. The zero-order chi connectivity index (χ0) is 13.7. The van der Waals surface area contributed by atoms with Gasteiger partial charge in [0, 0.05) is 31.4 Å². The average Bonchev–Trinajstić information content (AvgIpc) is 2.87. The van der Waals surface area contributed by atoms with Gasteiger partial charge in [0.2, 0.25) is 5.91 Å². The van der Waals surface area contributed by atoms with E-state index in [9.17, 15) is 9.90 Å². The third kappa shape index (κ3) is 3.80. The van der Waals surface area contributed by atoms with Crippen molar-refractivity contribution in [1.29, 1.82) is 0 Å². The van der Waals surface area contributed by atoms with E-state index in [4.69, 9.17) is 0 Å². The number of hydrogen-bond donors (Lipinski definition) is 2. The Kier molecular flexibility index (Phi) is 4.58. The van der Waals surface area contributed by atoms with Crippen LogP contribution in [0.2, 0.25) is 0 Å². The molecule has 1 aliphatic rings. The highest BCUT2D eigenvalue weighted by Crippen LogP contribution is 2.30. The van der Waals surface area contributed by atoms with Crippen molar-refractivity contribution in [1.82, 2.24) is 14.9 Å². The molecule has 0 saturated heterocycles. The second-order valence-corrected chi connectivity index (χ2v) is 5.51. The molecular weight excluding hydrogens is 242 g/mol. The highest BCUT2D eigenvalue weighted by molar-refractivity contribution is 5.76. The van der Waals surface area contributed by atoms with Crippen LogP contribution in [0.3, 0.4) is 0 Å². The van der Waals surface area contributed by atoms with Crippen LogP contribution in [0.4, 0.5) is 0 Å². The number of nitrogens with zero attached hydrogens (tertiary/aromatic N) is 2. The average molecular weight is 265 g/mol. The first kappa shape index (κ1) is 14.1. The fourth-order valence-electron chi connectivity index (χ4n) is 2.49. The van der Waals surface area contributed by atoms with E-state index in [1.54, 1.807) is 12.5 Å². The molecule has 1 heterocycles. The van der Waals surface area contributed by atoms with E-state index in [2.05, 4.69) is 17.2 Å². The number of amides is 1. The Balaban J connectivity index is 1.81. The van der Waals surface area contributed by atoms with Crippen LogP contribution in [0.5, 0.6) is 0 Å². The molecule has 1 aromatic heterocycles. The summed E-state index contributed by atoms with van der Waals surface area (Å²) < 4.78 is 1.99. The molecular formula is C14H23N3O2. The summed E-state index contributed by atoms with van der Waals surface area (Å²) in [5.41, 5.74) is -0.648. The van der Waals surface area contributed by atoms with E-state index < -0.39 is 5.60 Å². The maximum absolute atomic E-state index is 12.0. The summed E-state index contributed by atoms with van der Waals surface area (Å²) in [6.45, 7) is 2.49. The van der Waals surface area contributed by atoms with Gasteiger partial charge in [-0.15, -0.1) is 0 Å². The van der Waals surface area contributed by atoms with E-state index >= 15 is 0 Å². The van der Waals surface area contributed by atoms with Crippen LogP contribution in [0.1, 0.15) is 51.5 Å². The summed E-state index contributed by atoms with van der Waals surface area (Å²) in [5.74, 6) is 0.00692. The second kappa shape index (κ2) is 6.19. The first-order valence-corrected chi connectivity index (χ1v) is 7.09. The molecule has 0 radical (unpaired) electrons. The van der Waals surface area contributed by atoms with Gasteiger partial charge in [-0.3, -0.25) is 4.79 Å². The molecule has 2 N–H and O–H groups in total. The fourth-order valence-corrected chi connectivity index (χ4v) is 2.49. The van der Waals surface area contributed by atoms with Crippen LogP contribution >= 0.6 is 0 Å². The molecule has 19 heavy (non-hydrogen) atoms. The molecule has 0 aromatic carbocycles. The van der Waals surface area contributed by atoms with Gasteiger partial charge in [0.05, 0.1) is 11.9 Å². The molecule has 5 nitrogen and oxygen atoms in total. The molecule has 106 valence electrons. The van der Waals surface area contributed by atoms with Gasteiger partial charge in [-0.1, -0.05) is 13.3 Å². The van der Waals surface area contributed by atoms with Gasteiger partial charge < -0.3 is 15.0 Å². The molecule has 0 aliphatic heterocycles. The van der Waals surface area contributed by atoms with Gasteiger partial charge in [0.1, 0.15) is 0 Å². The molecule has 1 aliphatic carbocycles. The maximum Gasteiger partial charge on any atom is 0.222 e. The highest BCUT2D eigenvalue weighted by Gasteiger charge is 2.34. The predicted octanol–water partition coefficient (Wildman–Crippen LogP) is 1.65. The number of hydrogen-bond acceptors (Lipinski definition) is 3. The van der Waals surface area contributed by atoms with Crippen LogP contribution in [0.15, 0.2) is 18.7 Å². The highest BCUT2D eigenvalue weighted by atomic mass is 16.3. The normalized spacial score (nSPS) is 18.6. The van der Waals surface area contributed by atoms with E-state index in [-0.39, 0.29) is 11.9 Å². The van der Waals surface area contributed by atoms with Gasteiger partial charge >= 0.3 is 0 Å². The van der Waals surface area contributed by atoms with E-state index in [1.807, 2.05) is 10.8 Å². The molecule has 0 spiro atoms. The SMILES string of the molecule is CCCC(CC(=O)NCC1(O)CCC1)n1ccnc1. The molecule has 1 atom stereocenters. The number of carbonyl (C=O) groups excluding carboxylic acids is 1. The van der Waals surface area contributed by atoms with Crippen LogP contribution in [-0.4, -0.2) is 32.7 Å². The monoisotopic (exact) mass is 265 g/mol. The van der Waals surface area contributed by atoms with Gasteiger partial charge in [0.15, 0.2) is 0 Å². The fraction of sp³-hybridized carbons (Fsp3) is 0.714. The predicted molar refractivity (Wildman–Crippen MR) is 72.6 cm³/mol. The summed E-state index contributed by atoms with van der Waals surface area (Å²) in [5, 5.41) is 12.8. The van der Waals surface area contributed by atoms with Crippen molar-refractivity contribution in [2.75, 3.05) is 6.54 Å². The third-order valence-corrected chi connectivity index (χ3v) is 3.89. The molecule has 1 amide bonds. The van der Waals surface area contributed by atoms with Crippen molar-refractivity contribution in [3.8, 4) is 0 Å². The Morgan fingerprint density at radius 2 is 2.37 bits per heavy atom. The van der Waals surface area contributed by atoms with E-state index in [0.29, 0.717) is 13.0 Å². The minimum atomic E-state index is -0.648. The Morgan fingerprint density at radius 1 is 1.58 bits per heavy atom. The lowest BCUT2D eigenvalue weighted by Gasteiger charge is -2.36. The standard InChI is InChI=1S/C14H23N3O2/c1-2-4-12(17-8-7-15-11-17)9-13(18)16-10-14(19)5-3-6-14/h7-8,11-12,19H,2-6,9-10H2,1H3,(H,16,18). The van der Waals surface area contributed by atoms with Gasteiger partial charge in [-0.25, -0.2) is 4.98 Å². The van der Waals surface area contributed by atoms with Crippen molar-refractivity contribution < 1.29 is 9.90 Å². The Bertz CT molecular complexity index is 399. The molecule has 1 unspecified atom stereocenters. The van der Waals surface area contributed by atoms with Crippen LogP contribution < -0.4 is 5.32 Å². The maximum atomic E-state index is 12.0. The lowest BCUT2D eigenvalue weighted by Crippen LogP contribution is -2.48. The van der Waals surface area contributed by atoms with Crippen molar-refractivity contribution in [2.45, 2.75) is 57.1 Å². The van der Waals surface area contributed by atoms with Gasteiger partial charge in [-0.2, -0.15) is 0 Å². The van der Waals surface area contributed by atoms with Crippen LogP contribution in [-0.2, 0) is 4.79 Å². The molecule has 1 saturated carbocycles. The van der Waals surface area contributed by atoms with Crippen LogP contribution in [0.25, 0.3) is 0 Å². The molecule has 1 fully saturated rings. The zero-order valence-corrected chi connectivity index (χ0v) is 11.5. The third-order valence-electron chi connectivity index (χ3n) is 3.89. The van der Waals surface area contributed by atoms with Crippen molar-refractivity contribution in [3.05, 3.63) is 18.7 Å².